The van der Waals surface area contributed by atoms with Gasteiger partial charge in [-0.2, -0.15) is 0 Å². The van der Waals surface area contributed by atoms with Crippen molar-refractivity contribution >= 4 is 11.6 Å². The third-order valence-electron chi connectivity index (χ3n) is 3.12. The van der Waals surface area contributed by atoms with E-state index < -0.39 is 0 Å². The number of aromatic hydroxyl groups is 2. The van der Waals surface area contributed by atoms with Gasteiger partial charge in [0, 0.05) is 17.8 Å². The quantitative estimate of drug-likeness (QED) is 0.735. The molecule has 0 radical (unpaired) electrons. The molecule has 2 rings (SSSR count). The number of phenolic OH excluding ortho intramolecular Hbond substituents is 2. The van der Waals surface area contributed by atoms with Crippen LogP contribution < -0.4 is 10.6 Å². The fourth-order valence-corrected chi connectivity index (χ4v) is 2.02. The van der Waals surface area contributed by atoms with Crippen molar-refractivity contribution in [1.29, 1.82) is 0 Å². The van der Waals surface area contributed by atoms with Gasteiger partial charge >= 0.3 is 0 Å². The van der Waals surface area contributed by atoms with Gasteiger partial charge in [0.2, 0.25) is 0 Å². The molecule has 0 bridgehead atoms. The Morgan fingerprint density at radius 1 is 1.05 bits per heavy atom. The zero-order chi connectivity index (χ0) is 15.2. The lowest BCUT2D eigenvalue weighted by Crippen LogP contribution is -2.32. The Morgan fingerprint density at radius 2 is 1.76 bits per heavy atom. The maximum absolute atomic E-state index is 12.6. The maximum atomic E-state index is 12.6. The van der Waals surface area contributed by atoms with Crippen molar-refractivity contribution in [3.8, 4) is 11.5 Å². The van der Waals surface area contributed by atoms with Crippen LogP contribution in [0.1, 0.15) is 16.8 Å². The number of carbonyl (C=O) groups excluding carboxylic acids is 1. The summed E-state index contributed by atoms with van der Waals surface area (Å²) in [6.45, 7) is 0.971. The van der Waals surface area contributed by atoms with E-state index in [4.69, 9.17) is 5.73 Å². The number of amides is 1. The smallest absolute Gasteiger partial charge is 0.258 e. The molecule has 0 aliphatic carbocycles. The molecule has 0 fully saturated rings. The van der Waals surface area contributed by atoms with Crippen molar-refractivity contribution in [2.45, 2.75) is 6.42 Å². The van der Waals surface area contributed by atoms with Gasteiger partial charge < -0.3 is 20.8 Å². The number of para-hydroxylation sites is 1. The number of hydrogen-bond donors (Lipinski definition) is 3. The van der Waals surface area contributed by atoms with Gasteiger partial charge in [0.15, 0.2) is 11.5 Å². The van der Waals surface area contributed by atoms with Crippen LogP contribution >= 0.6 is 0 Å². The van der Waals surface area contributed by atoms with Gasteiger partial charge in [0.1, 0.15) is 0 Å². The Bertz CT molecular complexity index is 614. The highest BCUT2D eigenvalue weighted by Gasteiger charge is 2.18. The van der Waals surface area contributed by atoms with Gasteiger partial charge in [-0.15, -0.1) is 0 Å². The highest BCUT2D eigenvalue weighted by molar-refractivity contribution is 6.06. The minimum atomic E-state index is -0.312. The van der Waals surface area contributed by atoms with Crippen molar-refractivity contribution < 1.29 is 15.0 Å². The summed E-state index contributed by atoms with van der Waals surface area (Å²) in [5, 5.41) is 18.9. The van der Waals surface area contributed by atoms with E-state index in [9.17, 15) is 15.0 Å². The molecule has 0 spiro atoms. The summed E-state index contributed by atoms with van der Waals surface area (Å²) in [5.74, 6) is -0.808. The van der Waals surface area contributed by atoms with E-state index in [2.05, 4.69) is 0 Å². The molecule has 5 nitrogen and oxygen atoms in total. The zero-order valence-corrected chi connectivity index (χ0v) is 11.6. The van der Waals surface area contributed by atoms with E-state index in [0.717, 1.165) is 5.69 Å². The lowest BCUT2D eigenvalue weighted by Gasteiger charge is -2.23. The predicted octanol–water partition coefficient (Wildman–Crippen LogP) is 2.09. The summed E-state index contributed by atoms with van der Waals surface area (Å²) in [4.78, 5) is 14.2. The second-order valence-corrected chi connectivity index (χ2v) is 4.64. The number of benzene rings is 2. The first kappa shape index (κ1) is 14.9. The first-order valence-electron chi connectivity index (χ1n) is 6.72. The number of hydrogen-bond acceptors (Lipinski definition) is 4. The lowest BCUT2D eigenvalue weighted by atomic mass is 10.1. The number of rotatable bonds is 5. The minimum Gasteiger partial charge on any atom is -0.504 e. The van der Waals surface area contributed by atoms with Crippen LogP contribution in [0.2, 0.25) is 0 Å². The molecule has 0 aliphatic heterocycles. The van der Waals surface area contributed by atoms with Crippen molar-refractivity contribution in [1.82, 2.24) is 0 Å². The highest BCUT2D eigenvalue weighted by Crippen LogP contribution is 2.26. The van der Waals surface area contributed by atoms with Crippen molar-refractivity contribution in [3.63, 3.8) is 0 Å². The summed E-state index contributed by atoms with van der Waals surface area (Å²) >= 11 is 0. The van der Waals surface area contributed by atoms with Crippen LogP contribution in [0.3, 0.4) is 0 Å². The number of nitrogens with two attached hydrogens (primary N) is 1. The van der Waals surface area contributed by atoms with Gasteiger partial charge in [-0.3, -0.25) is 4.79 Å². The highest BCUT2D eigenvalue weighted by atomic mass is 16.3. The summed E-state index contributed by atoms with van der Waals surface area (Å²) < 4.78 is 0. The largest absolute Gasteiger partial charge is 0.504 e. The third kappa shape index (κ3) is 3.52. The Hall–Kier alpha value is -2.53. The molecule has 1 amide bonds. The molecule has 4 N–H and O–H groups in total. The summed E-state index contributed by atoms with van der Waals surface area (Å²) in [5.41, 5.74) is 6.61. The van der Waals surface area contributed by atoms with Crippen molar-refractivity contribution in [2.24, 2.45) is 5.73 Å². The molecule has 2 aromatic rings. The second kappa shape index (κ2) is 6.76. The van der Waals surface area contributed by atoms with Crippen LogP contribution in [0.15, 0.2) is 48.5 Å². The maximum Gasteiger partial charge on any atom is 0.258 e. The lowest BCUT2D eigenvalue weighted by molar-refractivity contribution is 0.0986. The fourth-order valence-electron chi connectivity index (χ4n) is 2.02. The number of carbonyl (C=O) groups is 1. The molecular formula is C16H18N2O3. The van der Waals surface area contributed by atoms with Gasteiger partial charge in [-0.1, -0.05) is 18.2 Å². The summed E-state index contributed by atoms with van der Waals surface area (Å²) in [6, 6.07) is 13.3. The van der Waals surface area contributed by atoms with Crippen LogP contribution in [-0.4, -0.2) is 29.2 Å². The van der Waals surface area contributed by atoms with E-state index in [0.29, 0.717) is 25.1 Å². The number of anilines is 1. The molecule has 0 aromatic heterocycles. The van der Waals surface area contributed by atoms with Gasteiger partial charge in [-0.05, 0) is 43.3 Å². The SMILES string of the molecule is NCCCN(C(=O)c1ccc(O)c(O)c1)c1ccccc1. The predicted molar refractivity (Wildman–Crippen MR) is 81.6 cm³/mol. The molecule has 110 valence electrons. The van der Waals surface area contributed by atoms with E-state index in [1.54, 1.807) is 4.90 Å². The second-order valence-electron chi connectivity index (χ2n) is 4.64. The van der Waals surface area contributed by atoms with Crippen LogP contribution in [-0.2, 0) is 0 Å². The third-order valence-corrected chi connectivity index (χ3v) is 3.12. The van der Waals surface area contributed by atoms with Crippen LogP contribution in [0.25, 0.3) is 0 Å². The molecule has 0 unspecified atom stereocenters. The van der Waals surface area contributed by atoms with Crippen LogP contribution in [0.4, 0.5) is 5.69 Å². The molecule has 5 heteroatoms. The fraction of sp³-hybridized carbons (Fsp3) is 0.188. The minimum absolute atomic E-state index is 0.245. The standard InChI is InChI=1S/C16H18N2O3/c17-9-4-10-18(13-5-2-1-3-6-13)16(21)12-7-8-14(19)15(20)11-12/h1-3,5-8,11,19-20H,4,9-10,17H2. The molecule has 0 saturated carbocycles. The van der Waals surface area contributed by atoms with Gasteiger partial charge in [-0.25, -0.2) is 0 Å². The van der Waals surface area contributed by atoms with E-state index in [1.165, 1.54) is 18.2 Å². The molecule has 0 aliphatic rings. The first-order chi connectivity index (χ1) is 10.1. The van der Waals surface area contributed by atoms with Gasteiger partial charge in [0.05, 0.1) is 0 Å². The van der Waals surface area contributed by atoms with Crippen molar-refractivity contribution in [2.75, 3.05) is 18.0 Å². The Labute approximate surface area is 123 Å². The zero-order valence-electron chi connectivity index (χ0n) is 11.6. The molecular weight excluding hydrogens is 268 g/mol. The summed E-state index contributed by atoms with van der Waals surface area (Å²) in [7, 11) is 0. The van der Waals surface area contributed by atoms with Gasteiger partial charge in [0.25, 0.3) is 5.91 Å². The normalized spacial score (nSPS) is 10.3. The van der Waals surface area contributed by atoms with Crippen molar-refractivity contribution in [3.05, 3.63) is 54.1 Å². The molecule has 0 heterocycles. The monoisotopic (exact) mass is 286 g/mol. The van der Waals surface area contributed by atoms with E-state index >= 15 is 0 Å². The number of nitrogens with zero attached hydrogens (tertiary/aromatic N) is 1. The number of phenols is 2. The van der Waals surface area contributed by atoms with Crippen LogP contribution in [0, 0.1) is 0 Å². The van der Waals surface area contributed by atoms with Crippen LogP contribution in [0.5, 0.6) is 11.5 Å². The topological polar surface area (TPSA) is 86.8 Å². The summed E-state index contributed by atoms with van der Waals surface area (Å²) in [6.07, 6.45) is 0.671. The Balaban J connectivity index is 2.31. The molecule has 0 atom stereocenters. The molecule has 21 heavy (non-hydrogen) atoms. The average Bonchev–Trinajstić information content (AvgIpc) is 2.51. The van der Waals surface area contributed by atoms with E-state index in [1.807, 2.05) is 30.3 Å². The molecule has 0 saturated heterocycles. The first-order valence-corrected chi connectivity index (χ1v) is 6.72. The average molecular weight is 286 g/mol. The molecule has 2 aromatic carbocycles. The Morgan fingerprint density at radius 3 is 2.38 bits per heavy atom. The van der Waals surface area contributed by atoms with E-state index in [-0.39, 0.29) is 17.4 Å². The Kier molecular flexibility index (Phi) is 4.79.